The zero-order valence-corrected chi connectivity index (χ0v) is 15.2. The van der Waals surface area contributed by atoms with E-state index in [9.17, 15) is 28.1 Å². The van der Waals surface area contributed by atoms with E-state index in [0.29, 0.717) is 19.2 Å². The molecule has 0 aliphatic rings. The SMILES string of the molecule is COCCNc1ccc([N+](=O)[O-])cc1C(=O)Nc1ccc(Cl)c(C(F)(F)F)c1. The summed E-state index contributed by atoms with van der Waals surface area (Å²) in [5.74, 6) is -0.820. The number of anilines is 2. The van der Waals surface area contributed by atoms with Gasteiger partial charge in [0.1, 0.15) is 0 Å². The normalized spacial score (nSPS) is 11.2. The Morgan fingerprint density at radius 3 is 2.57 bits per heavy atom. The van der Waals surface area contributed by atoms with Crippen molar-refractivity contribution in [3.05, 3.63) is 62.7 Å². The number of carbonyl (C=O) groups is 1. The van der Waals surface area contributed by atoms with Crippen LogP contribution in [0.4, 0.5) is 30.2 Å². The van der Waals surface area contributed by atoms with Gasteiger partial charge in [-0.3, -0.25) is 14.9 Å². The highest BCUT2D eigenvalue weighted by Gasteiger charge is 2.33. The minimum Gasteiger partial charge on any atom is -0.383 e. The van der Waals surface area contributed by atoms with E-state index in [-0.39, 0.29) is 22.6 Å². The smallest absolute Gasteiger partial charge is 0.383 e. The number of rotatable bonds is 7. The summed E-state index contributed by atoms with van der Waals surface area (Å²) in [5, 5.41) is 15.7. The Bertz CT molecular complexity index is 890. The average Bonchev–Trinajstić information content (AvgIpc) is 2.62. The van der Waals surface area contributed by atoms with Gasteiger partial charge in [-0.1, -0.05) is 11.6 Å². The molecule has 150 valence electrons. The molecule has 2 aromatic carbocycles. The van der Waals surface area contributed by atoms with Gasteiger partial charge in [-0.2, -0.15) is 13.2 Å². The highest BCUT2D eigenvalue weighted by atomic mass is 35.5. The summed E-state index contributed by atoms with van der Waals surface area (Å²) in [7, 11) is 1.48. The van der Waals surface area contributed by atoms with Gasteiger partial charge in [0.2, 0.25) is 0 Å². The molecule has 0 heterocycles. The largest absolute Gasteiger partial charge is 0.417 e. The first kappa shape index (κ1) is 21.5. The molecule has 0 atom stereocenters. The van der Waals surface area contributed by atoms with Crippen LogP contribution in [-0.4, -0.2) is 31.1 Å². The molecule has 0 aliphatic heterocycles. The van der Waals surface area contributed by atoms with Crippen molar-refractivity contribution in [2.45, 2.75) is 6.18 Å². The first-order chi connectivity index (χ1) is 13.1. The van der Waals surface area contributed by atoms with E-state index in [4.69, 9.17) is 16.3 Å². The molecule has 0 aromatic heterocycles. The third-order valence-corrected chi connectivity index (χ3v) is 3.94. The number of methoxy groups -OCH3 is 1. The number of hydrogen-bond acceptors (Lipinski definition) is 5. The van der Waals surface area contributed by atoms with E-state index >= 15 is 0 Å². The fraction of sp³-hybridized carbons (Fsp3) is 0.235. The predicted octanol–water partition coefficient (Wildman–Crippen LogP) is 4.58. The molecule has 11 heteroatoms. The van der Waals surface area contributed by atoms with Gasteiger partial charge in [-0.15, -0.1) is 0 Å². The first-order valence-electron chi connectivity index (χ1n) is 7.83. The number of nitrogens with one attached hydrogen (secondary N) is 2. The lowest BCUT2D eigenvalue weighted by atomic mass is 10.1. The second kappa shape index (κ2) is 8.89. The molecule has 7 nitrogen and oxygen atoms in total. The van der Waals surface area contributed by atoms with Crippen molar-refractivity contribution < 1.29 is 27.6 Å². The summed E-state index contributed by atoms with van der Waals surface area (Å²) in [5.41, 5.74) is -1.44. The van der Waals surface area contributed by atoms with Crippen molar-refractivity contribution in [3.63, 3.8) is 0 Å². The molecular formula is C17H15ClF3N3O4. The van der Waals surface area contributed by atoms with Gasteiger partial charge in [0.25, 0.3) is 11.6 Å². The van der Waals surface area contributed by atoms with Crippen LogP contribution in [0.5, 0.6) is 0 Å². The van der Waals surface area contributed by atoms with Crippen LogP contribution in [0.15, 0.2) is 36.4 Å². The van der Waals surface area contributed by atoms with Crippen LogP contribution in [0.2, 0.25) is 5.02 Å². The maximum atomic E-state index is 13.0. The van der Waals surface area contributed by atoms with Gasteiger partial charge < -0.3 is 15.4 Å². The molecule has 2 aromatic rings. The lowest BCUT2D eigenvalue weighted by molar-refractivity contribution is -0.384. The summed E-state index contributed by atoms with van der Waals surface area (Å²) >= 11 is 5.56. The van der Waals surface area contributed by atoms with Crippen molar-refractivity contribution in [2.24, 2.45) is 0 Å². The van der Waals surface area contributed by atoms with Gasteiger partial charge >= 0.3 is 6.18 Å². The van der Waals surface area contributed by atoms with Crippen molar-refractivity contribution >= 4 is 34.6 Å². The van der Waals surface area contributed by atoms with Crippen LogP contribution in [0.25, 0.3) is 0 Å². The van der Waals surface area contributed by atoms with E-state index in [1.807, 2.05) is 0 Å². The molecule has 1 amide bonds. The van der Waals surface area contributed by atoms with Crippen LogP contribution < -0.4 is 10.6 Å². The van der Waals surface area contributed by atoms with E-state index in [1.165, 1.54) is 25.3 Å². The Morgan fingerprint density at radius 1 is 1.25 bits per heavy atom. The van der Waals surface area contributed by atoms with Gasteiger partial charge in [0.05, 0.1) is 27.7 Å². The maximum Gasteiger partial charge on any atom is 0.417 e. The summed E-state index contributed by atoms with van der Waals surface area (Å²) in [6, 6.07) is 6.47. The third kappa shape index (κ3) is 5.33. The van der Waals surface area contributed by atoms with Gasteiger partial charge in [0.15, 0.2) is 0 Å². The quantitative estimate of drug-likeness (QED) is 0.391. The van der Waals surface area contributed by atoms with Gasteiger partial charge in [-0.05, 0) is 24.3 Å². The van der Waals surface area contributed by atoms with Crippen molar-refractivity contribution in [1.29, 1.82) is 0 Å². The van der Waals surface area contributed by atoms with Crippen molar-refractivity contribution in [1.82, 2.24) is 0 Å². The zero-order valence-electron chi connectivity index (χ0n) is 14.5. The Kier molecular flexibility index (Phi) is 6.81. The monoisotopic (exact) mass is 417 g/mol. The summed E-state index contributed by atoms with van der Waals surface area (Å²) in [4.78, 5) is 22.9. The van der Waals surface area contributed by atoms with E-state index in [2.05, 4.69) is 10.6 Å². The predicted molar refractivity (Wildman–Crippen MR) is 97.9 cm³/mol. The second-order valence-electron chi connectivity index (χ2n) is 5.55. The second-order valence-corrected chi connectivity index (χ2v) is 5.96. The molecule has 0 fully saturated rings. The molecule has 0 bridgehead atoms. The van der Waals surface area contributed by atoms with Crippen LogP contribution in [0, 0.1) is 10.1 Å². The number of hydrogen-bond donors (Lipinski definition) is 2. The number of carbonyl (C=O) groups excluding carboxylic acids is 1. The number of non-ortho nitro benzene ring substituents is 1. The molecule has 2 N–H and O–H groups in total. The fourth-order valence-corrected chi connectivity index (χ4v) is 2.52. The molecule has 0 aliphatic carbocycles. The number of halogens is 4. The van der Waals surface area contributed by atoms with E-state index in [1.54, 1.807) is 0 Å². The molecular weight excluding hydrogens is 403 g/mol. The Hall–Kier alpha value is -2.85. The minimum atomic E-state index is -4.70. The van der Waals surface area contributed by atoms with E-state index < -0.39 is 27.6 Å². The maximum absolute atomic E-state index is 13.0. The zero-order chi connectivity index (χ0) is 20.9. The number of benzene rings is 2. The third-order valence-electron chi connectivity index (χ3n) is 3.61. The number of ether oxygens (including phenoxy) is 1. The molecule has 0 unspecified atom stereocenters. The Labute approximate surface area is 162 Å². The topological polar surface area (TPSA) is 93.5 Å². The molecule has 0 saturated carbocycles. The van der Waals surface area contributed by atoms with Crippen LogP contribution in [-0.2, 0) is 10.9 Å². The summed E-state index contributed by atoms with van der Waals surface area (Å²) in [6.45, 7) is 0.623. The van der Waals surface area contributed by atoms with Gasteiger partial charge in [0, 0.05) is 37.2 Å². The van der Waals surface area contributed by atoms with Crippen molar-refractivity contribution in [3.8, 4) is 0 Å². The van der Waals surface area contributed by atoms with Gasteiger partial charge in [-0.25, -0.2) is 0 Å². The lowest BCUT2D eigenvalue weighted by Gasteiger charge is -2.14. The standard InChI is InChI=1S/C17H15ClF3N3O4/c1-28-7-6-22-15-5-3-11(24(26)27)9-12(15)16(25)23-10-2-4-14(18)13(8-10)17(19,20)21/h2-5,8-9,22H,6-7H2,1H3,(H,23,25). The highest BCUT2D eigenvalue weighted by Crippen LogP contribution is 2.36. The van der Waals surface area contributed by atoms with Crippen molar-refractivity contribution in [2.75, 3.05) is 30.9 Å². The minimum absolute atomic E-state index is 0.103. The summed E-state index contributed by atoms with van der Waals surface area (Å²) < 4.78 is 43.8. The Morgan fingerprint density at radius 2 is 1.96 bits per heavy atom. The lowest BCUT2D eigenvalue weighted by Crippen LogP contribution is -2.17. The molecule has 0 saturated heterocycles. The number of alkyl halides is 3. The van der Waals surface area contributed by atoms with Crippen LogP contribution in [0.1, 0.15) is 15.9 Å². The van der Waals surface area contributed by atoms with E-state index in [0.717, 1.165) is 12.1 Å². The highest BCUT2D eigenvalue weighted by molar-refractivity contribution is 6.31. The Balaban J connectivity index is 2.34. The van der Waals surface area contributed by atoms with Crippen LogP contribution in [0.3, 0.4) is 0 Å². The number of nitrogens with zero attached hydrogens (tertiary/aromatic N) is 1. The fourth-order valence-electron chi connectivity index (χ4n) is 2.29. The summed E-state index contributed by atoms with van der Waals surface area (Å²) in [6.07, 6.45) is -4.70. The molecule has 0 spiro atoms. The number of nitro benzene ring substituents is 1. The molecule has 2 rings (SSSR count). The number of nitro groups is 1. The number of amides is 1. The van der Waals surface area contributed by atoms with Crippen LogP contribution >= 0.6 is 11.6 Å². The first-order valence-corrected chi connectivity index (χ1v) is 8.20. The molecule has 28 heavy (non-hydrogen) atoms. The average molecular weight is 418 g/mol. The molecule has 0 radical (unpaired) electrons.